The van der Waals surface area contributed by atoms with Crippen molar-refractivity contribution in [2.75, 3.05) is 29.6 Å². The van der Waals surface area contributed by atoms with Gasteiger partial charge in [0.2, 0.25) is 0 Å². The molecule has 0 aliphatic carbocycles. The molecule has 21 heavy (non-hydrogen) atoms. The normalized spacial score (nSPS) is 31.7. The molecule has 2 saturated heterocycles. The molecular formula is C12H21NO6S2. The minimum absolute atomic E-state index is 0.000614. The van der Waals surface area contributed by atoms with Crippen LogP contribution in [0.1, 0.15) is 19.8 Å². The van der Waals surface area contributed by atoms with E-state index in [1.54, 1.807) is 6.92 Å². The van der Waals surface area contributed by atoms with Gasteiger partial charge in [-0.15, -0.1) is 0 Å². The second-order valence-electron chi connectivity index (χ2n) is 5.72. The maximum atomic E-state index is 11.7. The minimum atomic E-state index is -3.09. The summed E-state index contributed by atoms with van der Waals surface area (Å²) in [5.74, 6) is -0.284. The Morgan fingerprint density at radius 2 is 1.57 bits per heavy atom. The quantitative estimate of drug-likeness (QED) is 0.771. The molecule has 2 aliphatic rings. The first-order valence-corrected chi connectivity index (χ1v) is 10.7. The Kier molecular flexibility index (Phi) is 4.82. The van der Waals surface area contributed by atoms with E-state index in [1.165, 1.54) is 0 Å². The molecule has 9 heteroatoms. The lowest BCUT2D eigenvalue weighted by Gasteiger charge is -2.28. The molecule has 0 bridgehead atoms. The fourth-order valence-electron chi connectivity index (χ4n) is 3.14. The number of hydrogen-bond donors (Lipinski definition) is 1. The predicted octanol–water partition coefficient (Wildman–Crippen LogP) is -0.0295. The lowest BCUT2D eigenvalue weighted by molar-refractivity contribution is 0.138. The number of alkyl carbamates (subject to hydrolysis) is 1. The van der Waals surface area contributed by atoms with Gasteiger partial charge in [-0.05, 0) is 31.6 Å². The molecule has 2 unspecified atom stereocenters. The number of rotatable bonds is 4. The molecule has 1 amide bonds. The highest BCUT2D eigenvalue weighted by atomic mass is 32.2. The van der Waals surface area contributed by atoms with Crippen LogP contribution in [0.25, 0.3) is 0 Å². The Bertz CT molecular complexity index is 553. The van der Waals surface area contributed by atoms with Crippen LogP contribution in [-0.4, -0.2) is 58.6 Å². The Morgan fingerprint density at radius 3 is 1.90 bits per heavy atom. The molecule has 2 atom stereocenters. The van der Waals surface area contributed by atoms with Crippen molar-refractivity contribution in [1.29, 1.82) is 0 Å². The SMILES string of the molecule is CCOC(=O)NC(C1CCS(=O)(=O)C1)C1CCS(=O)(=O)C1. The van der Waals surface area contributed by atoms with E-state index >= 15 is 0 Å². The molecule has 1 N–H and O–H groups in total. The molecule has 0 saturated carbocycles. The van der Waals surface area contributed by atoms with Gasteiger partial charge in [-0.2, -0.15) is 0 Å². The summed E-state index contributed by atoms with van der Waals surface area (Å²) in [6, 6.07) is -0.460. The van der Waals surface area contributed by atoms with E-state index in [4.69, 9.17) is 4.74 Å². The van der Waals surface area contributed by atoms with Crippen molar-refractivity contribution in [1.82, 2.24) is 5.32 Å². The van der Waals surface area contributed by atoms with Crippen LogP contribution in [0.4, 0.5) is 4.79 Å². The third-order valence-corrected chi connectivity index (χ3v) is 7.70. The summed E-state index contributed by atoms with van der Waals surface area (Å²) in [6.45, 7) is 1.89. The number of nitrogens with one attached hydrogen (secondary N) is 1. The topological polar surface area (TPSA) is 107 Å². The lowest BCUT2D eigenvalue weighted by Crippen LogP contribution is -2.46. The first-order valence-electron chi connectivity index (χ1n) is 7.06. The van der Waals surface area contributed by atoms with Crippen molar-refractivity contribution in [2.24, 2.45) is 11.8 Å². The van der Waals surface area contributed by atoms with E-state index in [0.717, 1.165) is 0 Å². The predicted molar refractivity (Wildman–Crippen MR) is 77.5 cm³/mol. The van der Waals surface area contributed by atoms with E-state index in [2.05, 4.69) is 5.32 Å². The second kappa shape index (κ2) is 6.12. The molecule has 2 rings (SSSR count). The first kappa shape index (κ1) is 16.5. The molecule has 0 radical (unpaired) electrons. The maximum Gasteiger partial charge on any atom is 0.407 e. The Hall–Kier alpha value is -0.830. The van der Waals surface area contributed by atoms with Crippen molar-refractivity contribution < 1.29 is 26.4 Å². The molecule has 0 aromatic rings. The highest BCUT2D eigenvalue weighted by Gasteiger charge is 2.42. The standard InChI is InChI=1S/C12H21NO6S2/c1-2-19-12(14)13-11(9-3-5-20(15,16)7-9)10-4-6-21(17,18)8-10/h9-11H,2-8H2,1H3,(H,13,14). The zero-order valence-electron chi connectivity index (χ0n) is 11.9. The molecule has 122 valence electrons. The zero-order valence-corrected chi connectivity index (χ0v) is 13.6. The molecule has 2 fully saturated rings. The summed E-state index contributed by atoms with van der Waals surface area (Å²) in [6.07, 6.45) is 0.294. The van der Waals surface area contributed by atoms with Crippen LogP contribution in [0.5, 0.6) is 0 Å². The molecule has 2 aliphatic heterocycles. The highest BCUT2D eigenvalue weighted by Crippen LogP contribution is 2.31. The van der Waals surface area contributed by atoms with Crippen LogP contribution in [0, 0.1) is 11.8 Å². The summed E-state index contributed by atoms with van der Waals surface area (Å²) >= 11 is 0. The van der Waals surface area contributed by atoms with Gasteiger partial charge in [-0.1, -0.05) is 0 Å². The first-order chi connectivity index (χ1) is 9.72. The maximum absolute atomic E-state index is 11.7. The zero-order chi connectivity index (χ0) is 15.7. The highest BCUT2D eigenvalue weighted by molar-refractivity contribution is 7.91. The minimum Gasteiger partial charge on any atom is -0.450 e. The van der Waals surface area contributed by atoms with E-state index in [1.807, 2.05) is 0 Å². The van der Waals surface area contributed by atoms with Gasteiger partial charge >= 0.3 is 6.09 Å². The van der Waals surface area contributed by atoms with Gasteiger partial charge in [-0.25, -0.2) is 21.6 Å². The molecular weight excluding hydrogens is 318 g/mol. The van der Waals surface area contributed by atoms with Gasteiger partial charge in [0.15, 0.2) is 19.7 Å². The van der Waals surface area contributed by atoms with Crippen molar-refractivity contribution in [3.8, 4) is 0 Å². The van der Waals surface area contributed by atoms with E-state index in [9.17, 15) is 21.6 Å². The largest absolute Gasteiger partial charge is 0.450 e. The third kappa shape index (κ3) is 4.32. The van der Waals surface area contributed by atoms with Crippen LogP contribution < -0.4 is 5.32 Å². The average Bonchev–Trinajstić information content (AvgIpc) is 2.89. The van der Waals surface area contributed by atoms with Crippen LogP contribution in [-0.2, 0) is 24.4 Å². The summed E-state index contributed by atoms with van der Waals surface area (Å²) < 4.78 is 51.4. The van der Waals surface area contributed by atoms with Crippen molar-refractivity contribution in [3.05, 3.63) is 0 Å². The van der Waals surface area contributed by atoms with E-state index in [-0.39, 0.29) is 41.5 Å². The van der Waals surface area contributed by atoms with Gasteiger partial charge < -0.3 is 10.1 Å². The number of amides is 1. The summed E-state index contributed by atoms with van der Waals surface area (Å²) in [5, 5.41) is 2.69. The summed E-state index contributed by atoms with van der Waals surface area (Å²) in [7, 11) is -6.18. The van der Waals surface area contributed by atoms with Gasteiger partial charge in [-0.3, -0.25) is 0 Å². The number of carbonyl (C=O) groups is 1. The molecule has 0 spiro atoms. The average molecular weight is 339 g/mol. The fourth-order valence-corrected chi connectivity index (χ4v) is 6.85. The molecule has 0 aromatic heterocycles. The van der Waals surface area contributed by atoms with Gasteiger partial charge in [0.25, 0.3) is 0 Å². The van der Waals surface area contributed by atoms with Crippen LogP contribution in [0.2, 0.25) is 0 Å². The van der Waals surface area contributed by atoms with Crippen molar-refractivity contribution >= 4 is 25.8 Å². The molecule has 0 aromatic carbocycles. The Balaban J connectivity index is 2.13. The Morgan fingerprint density at radius 1 is 1.10 bits per heavy atom. The summed E-state index contributed by atoms with van der Waals surface area (Å²) in [5.41, 5.74) is 0. The van der Waals surface area contributed by atoms with Gasteiger partial charge in [0.05, 0.1) is 29.6 Å². The van der Waals surface area contributed by atoms with Gasteiger partial charge in [0.1, 0.15) is 0 Å². The van der Waals surface area contributed by atoms with Gasteiger partial charge in [0, 0.05) is 6.04 Å². The third-order valence-electron chi connectivity index (χ3n) is 4.11. The summed E-state index contributed by atoms with van der Waals surface area (Å²) in [4.78, 5) is 11.7. The molecule has 2 heterocycles. The van der Waals surface area contributed by atoms with Crippen LogP contribution >= 0.6 is 0 Å². The van der Waals surface area contributed by atoms with Crippen LogP contribution in [0.15, 0.2) is 0 Å². The number of ether oxygens (including phenoxy) is 1. The monoisotopic (exact) mass is 339 g/mol. The number of carbonyl (C=O) groups excluding carboxylic acids is 1. The smallest absolute Gasteiger partial charge is 0.407 e. The van der Waals surface area contributed by atoms with Crippen molar-refractivity contribution in [2.45, 2.75) is 25.8 Å². The number of hydrogen-bond acceptors (Lipinski definition) is 6. The molecule has 7 nitrogen and oxygen atoms in total. The van der Waals surface area contributed by atoms with Crippen molar-refractivity contribution in [3.63, 3.8) is 0 Å². The lowest BCUT2D eigenvalue weighted by atomic mass is 9.87. The van der Waals surface area contributed by atoms with Crippen LogP contribution in [0.3, 0.4) is 0 Å². The number of sulfone groups is 2. The second-order valence-corrected chi connectivity index (χ2v) is 10.2. The Labute approximate surface area is 125 Å². The fraction of sp³-hybridized carbons (Fsp3) is 0.917. The van der Waals surface area contributed by atoms with E-state index < -0.39 is 31.8 Å². The van der Waals surface area contributed by atoms with E-state index in [0.29, 0.717) is 12.8 Å².